The summed E-state index contributed by atoms with van der Waals surface area (Å²) < 4.78 is 36.9. The molecule has 5 amide bonds. The molecule has 3 aromatic carbocycles. The standard InChI is InChI=1S/C35H42N6O6.C2HF3O2/c1-5-40(6-2)19-20-47-33(44)17-18-41-23-32(43)39(4)30-16-15-27(22-28(30)34(41)45)36-31(42)21-25-11-13-26(14-12-25)37-35(46)38-29-10-8-7-9-24(29)3;3-2(4,5)1(6)7/h7-16,22H,5-6,17-21,23H2,1-4H3,(H,36,42)(H2,37,38,46);(H,6,7). The third-order valence-corrected chi connectivity index (χ3v) is 8.37. The molecule has 54 heavy (non-hydrogen) atoms. The maximum absolute atomic E-state index is 13.5. The van der Waals surface area contributed by atoms with Gasteiger partial charge in [0.25, 0.3) is 5.91 Å². The predicted octanol–water partition coefficient (Wildman–Crippen LogP) is 2.40. The van der Waals surface area contributed by atoms with Crippen molar-refractivity contribution >= 4 is 58.4 Å². The first-order valence-electron chi connectivity index (χ1n) is 17.0. The van der Waals surface area contributed by atoms with Crippen molar-refractivity contribution in [3.63, 3.8) is 0 Å². The minimum absolute atomic E-state index is 0.0316. The van der Waals surface area contributed by atoms with Crippen LogP contribution in [0.4, 0.5) is 40.7 Å². The molecular weight excluding hydrogens is 713 g/mol. The number of aliphatic carboxylic acids is 1. The summed E-state index contributed by atoms with van der Waals surface area (Å²) in [6, 6.07) is 18.8. The first-order chi connectivity index (χ1) is 25.5. The van der Waals surface area contributed by atoms with E-state index in [1.54, 1.807) is 49.5 Å². The molecule has 14 nitrogen and oxygen atoms in total. The van der Waals surface area contributed by atoms with Gasteiger partial charge in [0, 0.05) is 30.7 Å². The number of benzene rings is 3. The first-order valence-corrected chi connectivity index (χ1v) is 17.0. The highest BCUT2D eigenvalue weighted by atomic mass is 19.4. The Labute approximate surface area is 310 Å². The summed E-state index contributed by atoms with van der Waals surface area (Å²) in [4.78, 5) is 76.9. The smallest absolute Gasteiger partial charge is 0.430 e. The Bertz CT molecular complexity index is 1820. The van der Waals surface area contributed by atoms with E-state index in [-0.39, 0.29) is 49.3 Å². The second kappa shape index (κ2) is 19.8. The maximum Gasteiger partial charge on any atom is 0.430 e. The number of likely N-dealkylation sites (N-methyl/N-ethyl adjacent to an activating group) is 2. The molecule has 0 spiro atoms. The Morgan fingerprint density at radius 3 is 2.15 bits per heavy atom. The third-order valence-electron chi connectivity index (χ3n) is 8.37. The van der Waals surface area contributed by atoms with Crippen LogP contribution in [0.1, 0.15) is 41.8 Å². The first kappa shape index (κ1) is 42.4. The minimum atomic E-state index is -5.19. The summed E-state index contributed by atoms with van der Waals surface area (Å²) in [7, 11) is 1.59. The second-order valence-electron chi connectivity index (χ2n) is 12.2. The summed E-state index contributed by atoms with van der Waals surface area (Å²) in [5.74, 6) is -4.45. The SMILES string of the molecule is CC[NH+](CC)CCOC(=O)CCN1CC(=O)N(C)c2ccc(NC(=O)Cc3ccc(NC(=O)Nc4ccccc4C)cc3)cc2C1=O.O=C([O-])C(F)(F)F. The minimum Gasteiger partial charge on any atom is -0.542 e. The van der Waals surface area contributed by atoms with Gasteiger partial charge >= 0.3 is 18.2 Å². The van der Waals surface area contributed by atoms with Gasteiger partial charge in [-0.15, -0.1) is 0 Å². The number of nitrogens with zero attached hydrogens (tertiary/aromatic N) is 2. The number of carboxylic acid groups (broad SMARTS) is 1. The normalized spacial score (nSPS) is 12.6. The predicted molar refractivity (Wildman–Crippen MR) is 192 cm³/mol. The lowest BCUT2D eigenvalue weighted by molar-refractivity contribution is -0.896. The van der Waals surface area contributed by atoms with Crippen LogP contribution in [0, 0.1) is 6.92 Å². The van der Waals surface area contributed by atoms with Crippen LogP contribution in [0.3, 0.4) is 0 Å². The summed E-state index contributed by atoms with van der Waals surface area (Å²) in [6.07, 6.45) is -5.17. The van der Waals surface area contributed by atoms with Crippen molar-refractivity contribution < 1.29 is 56.7 Å². The van der Waals surface area contributed by atoms with Crippen molar-refractivity contribution in [3.8, 4) is 0 Å². The van der Waals surface area contributed by atoms with Gasteiger partial charge in [-0.25, -0.2) is 4.79 Å². The number of nitrogens with one attached hydrogen (secondary N) is 4. The summed E-state index contributed by atoms with van der Waals surface area (Å²) >= 11 is 0. The molecule has 0 saturated heterocycles. The molecule has 0 aromatic heterocycles. The quantitative estimate of drug-likeness (QED) is 0.192. The van der Waals surface area contributed by atoms with E-state index in [9.17, 15) is 37.1 Å². The number of aryl methyl sites for hydroxylation is 1. The van der Waals surface area contributed by atoms with Gasteiger partial charge in [0.2, 0.25) is 11.8 Å². The molecule has 0 bridgehead atoms. The summed E-state index contributed by atoms with van der Waals surface area (Å²) in [5, 5.41) is 17.2. The lowest BCUT2D eigenvalue weighted by Gasteiger charge is -2.20. The van der Waals surface area contributed by atoms with Crippen LogP contribution >= 0.6 is 0 Å². The third kappa shape index (κ3) is 12.9. The van der Waals surface area contributed by atoms with Gasteiger partial charge in [0.05, 0.1) is 37.2 Å². The van der Waals surface area contributed by atoms with E-state index in [0.29, 0.717) is 35.9 Å². The lowest BCUT2D eigenvalue weighted by atomic mass is 10.1. The molecule has 1 aliphatic heterocycles. The van der Waals surface area contributed by atoms with E-state index in [2.05, 4.69) is 29.8 Å². The summed E-state index contributed by atoms with van der Waals surface area (Å²) in [6.45, 7) is 8.79. The van der Waals surface area contributed by atoms with Crippen LogP contribution in [0.5, 0.6) is 0 Å². The number of fused-ring (bicyclic) bond motifs is 1. The highest BCUT2D eigenvalue weighted by Gasteiger charge is 2.31. The number of para-hydroxylation sites is 1. The van der Waals surface area contributed by atoms with Gasteiger partial charge in [0.1, 0.15) is 25.7 Å². The van der Waals surface area contributed by atoms with Crippen molar-refractivity contribution in [1.29, 1.82) is 0 Å². The number of hydrogen-bond acceptors (Lipinski definition) is 8. The van der Waals surface area contributed by atoms with Crippen molar-refractivity contribution in [1.82, 2.24) is 4.90 Å². The molecule has 0 atom stereocenters. The fourth-order valence-corrected chi connectivity index (χ4v) is 5.21. The number of carbonyl (C=O) groups excluding carboxylic acids is 6. The Hall–Kier alpha value is -5.97. The van der Waals surface area contributed by atoms with Crippen molar-refractivity contribution in [3.05, 3.63) is 83.4 Å². The number of quaternary nitrogens is 1. The number of rotatable bonds is 13. The molecule has 1 aliphatic rings. The van der Waals surface area contributed by atoms with Gasteiger partial charge in [-0.1, -0.05) is 30.3 Å². The average molecular weight is 757 g/mol. The number of carboxylic acids is 1. The van der Waals surface area contributed by atoms with Crippen LogP contribution in [0.15, 0.2) is 66.7 Å². The number of carbonyl (C=O) groups is 6. The molecule has 0 unspecified atom stereocenters. The van der Waals surface area contributed by atoms with E-state index in [1.165, 1.54) is 14.7 Å². The van der Waals surface area contributed by atoms with Crippen LogP contribution in [-0.2, 0) is 30.3 Å². The van der Waals surface area contributed by atoms with E-state index >= 15 is 0 Å². The zero-order valence-electron chi connectivity index (χ0n) is 30.3. The number of amides is 5. The highest BCUT2D eigenvalue weighted by Crippen LogP contribution is 2.28. The molecule has 0 radical (unpaired) electrons. The Morgan fingerprint density at radius 2 is 1.54 bits per heavy atom. The van der Waals surface area contributed by atoms with Crippen LogP contribution in [0.25, 0.3) is 0 Å². The number of esters is 1. The Morgan fingerprint density at radius 1 is 0.907 bits per heavy atom. The zero-order valence-corrected chi connectivity index (χ0v) is 30.3. The van der Waals surface area contributed by atoms with Crippen molar-refractivity contribution in [2.75, 3.05) is 67.2 Å². The van der Waals surface area contributed by atoms with Gasteiger partial charge < -0.3 is 45.3 Å². The number of alkyl halides is 3. The molecule has 0 saturated carbocycles. The highest BCUT2D eigenvalue weighted by molar-refractivity contribution is 6.10. The van der Waals surface area contributed by atoms with Gasteiger partial charge in [-0.3, -0.25) is 19.2 Å². The molecule has 4 N–H and O–H groups in total. The van der Waals surface area contributed by atoms with Crippen LogP contribution in [0.2, 0.25) is 0 Å². The van der Waals surface area contributed by atoms with E-state index in [4.69, 9.17) is 14.6 Å². The molecule has 17 heteroatoms. The largest absolute Gasteiger partial charge is 0.542 e. The number of ether oxygens (including phenoxy) is 1. The molecule has 290 valence electrons. The van der Waals surface area contributed by atoms with Gasteiger partial charge in [-0.2, -0.15) is 13.2 Å². The van der Waals surface area contributed by atoms with Crippen LogP contribution in [-0.4, -0.2) is 93.1 Å². The Balaban J connectivity index is 0.00000102. The number of anilines is 4. The van der Waals surface area contributed by atoms with Gasteiger partial charge in [0.15, 0.2) is 0 Å². The van der Waals surface area contributed by atoms with E-state index in [0.717, 1.165) is 24.2 Å². The van der Waals surface area contributed by atoms with Gasteiger partial charge in [-0.05, 0) is 68.3 Å². The molecule has 4 rings (SSSR count). The molecule has 1 heterocycles. The molecule has 3 aromatic rings. The summed E-state index contributed by atoms with van der Waals surface area (Å²) in [5.41, 5.74) is 4.01. The topological polar surface area (TPSA) is 182 Å². The monoisotopic (exact) mass is 756 g/mol. The lowest BCUT2D eigenvalue weighted by Crippen LogP contribution is -3.11. The average Bonchev–Trinajstić information content (AvgIpc) is 3.20. The number of halogens is 3. The molecule has 0 fully saturated rings. The number of hydrogen-bond donors (Lipinski definition) is 4. The second-order valence-corrected chi connectivity index (χ2v) is 12.2. The van der Waals surface area contributed by atoms with Crippen molar-refractivity contribution in [2.45, 2.75) is 39.8 Å². The fraction of sp³-hybridized carbons (Fsp3) is 0.351. The van der Waals surface area contributed by atoms with E-state index < -0.39 is 24.0 Å². The zero-order chi connectivity index (χ0) is 40.0. The molecule has 0 aliphatic carbocycles. The number of urea groups is 1. The maximum atomic E-state index is 13.5. The van der Waals surface area contributed by atoms with Crippen molar-refractivity contribution in [2.24, 2.45) is 0 Å². The molecular formula is C37H43F3N6O8. The Kier molecular flexibility index (Phi) is 15.5. The van der Waals surface area contributed by atoms with E-state index in [1.807, 2.05) is 31.2 Å². The fourth-order valence-electron chi connectivity index (χ4n) is 5.21. The van der Waals surface area contributed by atoms with Crippen LogP contribution < -0.4 is 30.9 Å².